The molecule has 10 heteroatoms. The molecule has 1 heterocycles. The predicted molar refractivity (Wildman–Crippen MR) is 99.6 cm³/mol. The first-order chi connectivity index (χ1) is 13.4. The number of aliphatic hydroxyl groups excluding tert-OH is 1. The second kappa shape index (κ2) is 7.77. The van der Waals surface area contributed by atoms with Crippen molar-refractivity contribution in [1.29, 1.82) is 5.26 Å². The van der Waals surface area contributed by atoms with Crippen LogP contribution in [0.1, 0.15) is 16.2 Å². The van der Waals surface area contributed by atoms with Crippen molar-refractivity contribution in [1.82, 2.24) is 9.97 Å². The average Bonchev–Trinajstić information content (AvgIpc) is 3.10. The molecule has 2 aromatic carbocycles. The molecule has 0 radical (unpaired) electrons. The summed E-state index contributed by atoms with van der Waals surface area (Å²) in [6, 6.07) is 12.1. The average molecular weight is 399 g/mol. The van der Waals surface area contributed by atoms with Gasteiger partial charge in [0, 0.05) is 12.1 Å². The van der Waals surface area contributed by atoms with Gasteiger partial charge in [0.05, 0.1) is 26.5 Å². The van der Waals surface area contributed by atoms with Crippen LogP contribution in [0, 0.1) is 21.4 Å². The lowest BCUT2D eigenvalue weighted by Gasteiger charge is -2.07. The maximum atomic E-state index is 12.1. The number of ether oxygens (including phenoxy) is 1. The summed E-state index contributed by atoms with van der Waals surface area (Å²) >= 11 is 5.87. The molecule has 140 valence electrons. The Morgan fingerprint density at radius 2 is 2.11 bits per heavy atom. The fourth-order valence-corrected chi connectivity index (χ4v) is 2.64. The van der Waals surface area contributed by atoms with E-state index in [1.165, 1.54) is 0 Å². The van der Waals surface area contributed by atoms with Gasteiger partial charge in [0.1, 0.15) is 18.2 Å². The molecule has 1 aromatic heterocycles. The van der Waals surface area contributed by atoms with Crippen molar-refractivity contribution in [2.75, 3.05) is 6.61 Å². The highest BCUT2D eigenvalue weighted by Crippen LogP contribution is 2.24. The molecule has 0 amide bonds. The molecule has 0 fully saturated rings. The van der Waals surface area contributed by atoms with Gasteiger partial charge in [-0.25, -0.2) is 9.78 Å². The number of nitrogens with zero attached hydrogens (tertiary/aromatic N) is 3. The minimum absolute atomic E-state index is 0.109. The number of nitrogens with one attached hydrogen (secondary N) is 1. The summed E-state index contributed by atoms with van der Waals surface area (Å²) in [4.78, 5) is 29.3. The van der Waals surface area contributed by atoms with Crippen LogP contribution >= 0.6 is 11.6 Å². The smallest absolute Gasteiger partial charge is 0.340 e. The van der Waals surface area contributed by atoms with Crippen LogP contribution in [0.25, 0.3) is 16.6 Å². The highest BCUT2D eigenvalue weighted by molar-refractivity contribution is 6.33. The molecule has 0 unspecified atom stereocenters. The third-order valence-electron chi connectivity index (χ3n) is 3.75. The minimum atomic E-state index is -0.909. The molecular formula is C18H11ClN4O5. The van der Waals surface area contributed by atoms with Gasteiger partial charge in [-0.1, -0.05) is 23.7 Å². The zero-order chi connectivity index (χ0) is 20.3. The number of benzene rings is 2. The van der Waals surface area contributed by atoms with Crippen LogP contribution < -0.4 is 0 Å². The molecule has 0 spiro atoms. The van der Waals surface area contributed by atoms with Crippen molar-refractivity contribution in [3.8, 4) is 6.07 Å². The van der Waals surface area contributed by atoms with E-state index >= 15 is 0 Å². The van der Waals surface area contributed by atoms with E-state index in [9.17, 15) is 25.3 Å². The monoisotopic (exact) mass is 398 g/mol. The number of nitro groups is 1. The summed E-state index contributed by atoms with van der Waals surface area (Å²) in [6.45, 7) is -0.605. The van der Waals surface area contributed by atoms with E-state index in [1.807, 2.05) is 6.07 Å². The lowest BCUT2D eigenvalue weighted by Crippen LogP contribution is -2.10. The van der Waals surface area contributed by atoms with Gasteiger partial charge < -0.3 is 14.8 Å². The molecule has 0 aliphatic heterocycles. The number of carbonyl (C=O) groups excluding carboxylic acids is 1. The Labute approximate surface area is 162 Å². The Morgan fingerprint density at radius 3 is 2.75 bits per heavy atom. The first-order valence-electron chi connectivity index (χ1n) is 7.79. The number of nitro benzene ring substituents is 1. The fourth-order valence-electron chi connectivity index (χ4n) is 2.39. The van der Waals surface area contributed by atoms with E-state index in [-0.39, 0.29) is 27.7 Å². The lowest BCUT2D eigenvalue weighted by molar-refractivity contribution is -0.384. The van der Waals surface area contributed by atoms with Gasteiger partial charge in [-0.3, -0.25) is 10.1 Å². The zero-order valence-corrected chi connectivity index (χ0v) is 14.8. The van der Waals surface area contributed by atoms with Crippen molar-refractivity contribution in [3.05, 3.63) is 74.7 Å². The quantitative estimate of drug-likeness (QED) is 0.219. The fraction of sp³-hybridized carbons (Fsp3) is 0.0556. The molecule has 0 aliphatic rings. The van der Waals surface area contributed by atoms with Crippen molar-refractivity contribution < 1.29 is 19.6 Å². The van der Waals surface area contributed by atoms with Crippen LogP contribution in [0.15, 0.2) is 48.2 Å². The number of allylic oxidation sites excluding steroid dienone is 1. The Bertz CT molecular complexity index is 1130. The van der Waals surface area contributed by atoms with Crippen molar-refractivity contribution >= 4 is 39.9 Å². The van der Waals surface area contributed by atoms with Gasteiger partial charge >= 0.3 is 5.97 Å². The van der Waals surface area contributed by atoms with Gasteiger partial charge in [0.25, 0.3) is 5.69 Å². The van der Waals surface area contributed by atoms with Gasteiger partial charge in [-0.05, 0) is 18.2 Å². The second-order valence-electron chi connectivity index (χ2n) is 5.53. The summed E-state index contributed by atoms with van der Waals surface area (Å²) in [7, 11) is 0. The minimum Gasteiger partial charge on any atom is -0.507 e. The van der Waals surface area contributed by atoms with Crippen LogP contribution in [0.5, 0.6) is 0 Å². The first kappa shape index (κ1) is 18.9. The molecule has 3 rings (SSSR count). The number of H-pyrrole nitrogens is 1. The Morgan fingerprint density at radius 1 is 1.36 bits per heavy atom. The Kier molecular flexibility index (Phi) is 5.24. The van der Waals surface area contributed by atoms with Gasteiger partial charge in [0.15, 0.2) is 11.6 Å². The Balaban J connectivity index is 1.79. The van der Waals surface area contributed by atoms with Crippen LogP contribution in [0.4, 0.5) is 5.69 Å². The molecule has 0 atom stereocenters. The van der Waals surface area contributed by atoms with Gasteiger partial charge in [0.2, 0.25) is 0 Å². The van der Waals surface area contributed by atoms with E-state index in [4.69, 9.17) is 16.3 Å². The number of carbonyl (C=O) groups is 1. The first-order valence-corrected chi connectivity index (χ1v) is 8.17. The van der Waals surface area contributed by atoms with Crippen molar-refractivity contribution in [2.45, 2.75) is 0 Å². The third-order valence-corrected chi connectivity index (χ3v) is 4.06. The van der Waals surface area contributed by atoms with Crippen LogP contribution in [-0.4, -0.2) is 32.6 Å². The van der Waals surface area contributed by atoms with E-state index in [2.05, 4.69) is 9.97 Å². The van der Waals surface area contributed by atoms with Crippen molar-refractivity contribution in [2.24, 2.45) is 0 Å². The molecule has 2 N–H and O–H groups in total. The topological polar surface area (TPSA) is 142 Å². The number of non-ortho nitro benzene ring substituents is 1. The number of esters is 1. The number of hydrogen-bond acceptors (Lipinski definition) is 7. The summed E-state index contributed by atoms with van der Waals surface area (Å²) < 4.78 is 4.96. The van der Waals surface area contributed by atoms with Gasteiger partial charge in [-0.15, -0.1) is 0 Å². The zero-order valence-electron chi connectivity index (χ0n) is 14.0. The molecule has 0 aliphatic carbocycles. The number of aromatic nitrogens is 2. The number of halogens is 1. The lowest BCUT2D eigenvalue weighted by atomic mass is 10.2. The largest absolute Gasteiger partial charge is 0.507 e. The van der Waals surface area contributed by atoms with Crippen LogP contribution in [0.2, 0.25) is 5.02 Å². The Hall–Kier alpha value is -3.90. The van der Waals surface area contributed by atoms with Gasteiger partial charge in [-0.2, -0.15) is 5.26 Å². The highest BCUT2D eigenvalue weighted by Gasteiger charge is 2.18. The molecule has 0 bridgehead atoms. The maximum Gasteiger partial charge on any atom is 0.340 e. The molecule has 0 saturated carbocycles. The second-order valence-corrected chi connectivity index (χ2v) is 5.94. The number of para-hydroxylation sites is 2. The molecular weight excluding hydrogens is 388 g/mol. The van der Waals surface area contributed by atoms with E-state index in [0.717, 1.165) is 18.2 Å². The number of rotatable bonds is 5. The third kappa shape index (κ3) is 3.77. The van der Waals surface area contributed by atoms with E-state index in [1.54, 1.807) is 24.3 Å². The van der Waals surface area contributed by atoms with E-state index in [0.29, 0.717) is 11.0 Å². The maximum absolute atomic E-state index is 12.1. The number of aliphatic hydroxyl groups is 1. The number of fused-ring (bicyclic) bond motifs is 1. The van der Waals surface area contributed by atoms with Crippen molar-refractivity contribution in [3.63, 3.8) is 0 Å². The summed E-state index contributed by atoms with van der Waals surface area (Å²) in [6.07, 6.45) is 0. The summed E-state index contributed by atoms with van der Waals surface area (Å²) in [5.41, 5.74) is 0.711. The number of hydrogen-bond donors (Lipinski definition) is 2. The van der Waals surface area contributed by atoms with Crippen LogP contribution in [-0.2, 0) is 4.74 Å². The van der Waals surface area contributed by atoms with Crippen LogP contribution in [0.3, 0.4) is 0 Å². The summed E-state index contributed by atoms with van der Waals surface area (Å²) in [5.74, 6) is -1.29. The normalized spacial score (nSPS) is 11.6. The highest BCUT2D eigenvalue weighted by atomic mass is 35.5. The standard InChI is InChI=1S/C18H11ClN4O5/c19-13-7-10(23(26)27)5-6-11(13)18(25)28-9-16(24)12(8-20)17-21-14-3-1-2-4-15(14)22-17/h1-7,24H,9H2,(H,21,22)/b16-12-. The SMILES string of the molecule is N#C/C(=C(/O)COC(=O)c1ccc([N+](=O)[O-])cc1Cl)c1nc2ccccc2[nH]1. The van der Waals surface area contributed by atoms with E-state index < -0.39 is 23.3 Å². The predicted octanol–water partition coefficient (Wildman–Crippen LogP) is 3.77. The number of nitriles is 1. The number of imidazole rings is 1. The molecule has 3 aromatic rings. The number of aromatic amines is 1. The molecule has 28 heavy (non-hydrogen) atoms. The molecule has 9 nitrogen and oxygen atoms in total. The summed E-state index contributed by atoms with van der Waals surface area (Å²) in [5, 5.41) is 30.0. The molecule has 0 saturated heterocycles.